The average Bonchev–Trinajstić information content (AvgIpc) is 3.23. The molecular weight excluding hydrogens is 296 g/mol. The second-order valence-corrected chi connectivity index (χ2v) is 4.79. The molecule has 0 spiro atoms. The lowest BCUT2D eigenvalue weighted by Crippen LogP contribution is -2.11. The normalized spacial score (nSPS) is 10.7. The number of hydrogen-bond donors (Lipinski definition) is 1. The van der Waals surface area contributed by atoms with Gasteiger partial charge in [-0.1, -0.05) is 35.5 Å². The van der Waals surface area contributed by atoms with E-state index in [-0.39, 0.29) is 11.6 Å². The quantitative estimate of drug-likeness (QED) is 0.757. The fourth-order valence-electron chi connectivity index (χ4n) is 2.00. The molecule has 118 valence electrons. The molecule has 0 bridgehead atoms. The molecule has 1 N–H and O–H groups in total. The van der Waals surface area contributed by atoms with Crippen molar-refractivity contribution in [3.05, 3.63) is 54.5 Å². The van der Waals surface area contributed by atoms with E-state index in [0.29, 0.717) is 24.8 Å². The molecule has 3 aromatic rings. The number of hydrogen-bond acceptors (Lipinski definition) is 5. The molecule has 0 saturated heterocycles. The summed E-state index contributed by atoms with van der Waals surface area (Å²) in [6.45, 7) is 2.85. The molecule has 1 aromatic carbocycles. The number of ether oxygens (including phenoxy) is 1. The Morgan fingerprint density at radius 1 is 1.35 bits per heavy atom. The van der Waals surface area contributed by atoms with Crippen molar-refractivity contribution in [1.29, 1.82) is 0 Å². The summed E-state index contributed by atoms with van der Waals surface area (Å²) in [6.07, 6.45) is 3.24. The van der Waals surface area contributed by atoms with E-state index in [1.807, 2.05) is 37.3 Å². The molecule has 3 rings (SSSR count). The summed E-state index contributed by atoms with van der Waals surface area (Å²) < 4.78 is 12.0. The first-order valence-corrected chi connectivity index (χ1v) is 7.20. The van der Waals surface area contributed by atoms with Crippen molar-refractivity contribution < 1.29 is 14.1 Å². The molecule has 0 atom stereocenters. The molecule has 1 amide bonds. The van der Waals surface area contributed by atoms with Gasteiger partial charge in [-0.15, -0.1) is 0 Å². The first kappa shape index (κ1) is 15.0. The van der Waals surface area contributed by atoms with E-state index in [1.165, 1.54) is 0 Å². The second kappa shape index (κ2) is 6.89. The smallest absolute Gasteiger partial charge is 0.277 e. The summed E-state index contributed by atoms with van der Waals surface area (Å²) >= 11 is 0. The van der Waals surface area contributed by atoms with Crippen molar-refractivity contribution in [2.75, 3.05) is 11.9 Å². The van der Waals surface area contributed by atoms with Gasteiger partial charge in [0.15, 0.2) is 11.5 Å². The van der Waals surface area contributed by atoms with E-state index in [1.54, 1.807) is 23.1 Å². The first-order chi connectivity index (χ1) is 11.3. The topological polar surface area (TPSA) is 82.2 Å². The molecule has 2 heterocycles. The minimum atomic E-state index is -0.355. The van der Waals surface area contributed by atoms with Gasteiger partial charge in [0.25, 0.3) is 5.91 Å². The summed E-state index contributed by atoms with van der Waals surface area (Å²) in [7, 11) is 0. The van der Waals surface area contributed by atoms with E-state index in [4.69, 9.17) is 9.26 Å². The summed E-state index contributed by atoms with van der Waals surface area (Å²) in [5.41, 5.74) is 1.64. The van der Waals surface area contributed by atoms with Gasteiger partial charge in [0, 0.05) is 18.2 Å². The number of carbonyl (C=O) groups is 1. The minimum Gasteiger partial charge on any atom is -0.360 e. The van der Waals surface area contributed by atoms with Crippen LogP contribution in [0.15, 0.2) is 53.3 Å². The number of nitrogens with one attached hydrogen (secondary N) is 1. The van der Waals surface area contributed by atoms with E-state index in [2.05, 4.69) is 15.6 Å². The fourth-order valence-corrected chi connectivity index (χ4v) is 2.00. The van der Waals surface area contributed by atoms with Crippen LogP contribution in [0.4, 0.5) is 5.69 Å². The van der Waals surface area contributed by atoms with E-state index in [0.717, 1.165) is 5.56 Å². The highest BCUT2D eigenvalue weighted by Gasteiger charge is 2.14. The molecule has 2 aromatic heterocycles. The molecule has 0 aliphatic rings. The Morgan fingerprint density at radius 2 is 2.17 bits per heavy atom. The molecule has 7 heteroatoms. The molecular formula is C16H16N4O3. The number of aromatic nitrogens is 3. The molecule has 23 heavy (non-hydrogen) atoms. The Kier molecular flexibility index (Phi) is 4.49. The van der Waals surface area contributed by atoms with Crippen LogP contribution in [0.1, 0.15) is 17.4 Å². The third-order valence-corrected chi connectivity index (χ3v) is 3.12. The molecule has 0 aliphatic heterocycles. The highest BCUT2D eigenvalue weighted by Crippen LogP contribution is 2.20. The van der Waals surface area contributed by atoms with Gasteiger partial charge in [-0.05, 0) is 6.92 Å². The van der Waals surface area contributed by atoms with Crippen molar-refractivity contribution in [3.63, 3.8) is 0 Å². The lowest BCUT2D eigenvalue weighted by atomic mass is 10.1. The summed E-state index contributed by atoms with van der Waals surface area (Å²) in [4.78, 5) is 12.2. The zero-order valence-electron chi connectivity index (χ0n) is 12.6. The number of anilines is 1. The Hall–Kier alpha value is -2.93. The SMILES string of the molecule is CCOCn1cc(NC(=O)c2cc(-c3ccccc3)on2)cn1. The van der Waals surface area contributed by atoms with Gasteiger partial charge in [0.1, 0.15) is 6.73 Å². The van der Waals surface area contributed by atoms with E-state index < -0.39 is 0 Å². The van der Waals surface area contributed by atoms with Gasteiger partial charge < -0.3 is 14.6 Å². The van der Waals surface area contributed by atoms with Crippen LogP contribution in [0.2, 0.25) is 0 Å². The number of amides is 1. The van der Waals surface area contributed by atoms with Gasteiger partial charge >= 0.3 is 0 Å². The fraction of sp³-hybridized carbons (Fsp3) is 0.188. The van der Waals surface area contributed by atoms with Crippen molar-refractivity contribution in [2.45, 2.75) is 13.7 Å². The Balaban J connectivity index is 1.67. The maximum atomic E-state index is 12.2. The van der Waals surface area contributed by atoms with Crippen LogP contribution in [0.3, 0.4) is 0 Å². The molecule has 0 fully saturated rings. The van der Waals surface area contributed by atoms with Crippen molar-refractivity contribution in [3.8, 4) is 11.3 Å². The Labute approximate surface area is 132 Å². The monoisotopic (exact) mass is 312 g/mol. The van der Waals surface area contributed by atoms with Gasteiger partial charge in [-0.3, -0.25) is 4.79 Å². The van der Waals surface area contributed by atoms with Crippen LogP contribution in [0, 0.1) is 0 Å². The zero-order valence-corrected chi connectivity index (χ0v) is 12.6. The summed E-state index contributed by atoms with van der Waals surface area (Å²) in [6, 6.07) is 11.1. The van der Waals surface area contributed by atoms with Crippen molar-refractivity contribution >= 4 is 11.6 Å². The van der Waals surface area contributed by atoms with Crippen LogP contribution in [0.25, 0.3) is 11.3 Å². The summed E-state index contributed by atoms with van der Waals surface area (Å²) in [5.74, 6) is 0.190. The first-order valence-electron chi connectivity index (χ1n) is 7.20. The molecule has 0 saturated carbocycles. The van der Waals surface area contributed by atoms with Crippen molar-refractivity contribution in [1.82, 2.24) is 14.9 Å². The van der Waals surface area contributed by atoms with Gasteiger partial charge in [-0.25, -0.2) is 4.68 Å². The predicted molar refractivity (Wildman–Crippen MR) is 83.7 cm³/mol. The zero-order chi connectivity index (χ0) is 16.1. The van der Waals surface area contributed by atoms with Crippen LogP contribution in [0.5, 0.6) is 0 Å². The molecule has 0 unspecified atom stereocenters. The van der Waals surface area contributed by atoms with E-state index in [9.17, 15) is 4.79 Å². The third-order valence-electron chi connectivity index (χ3n) is 3.12. The predicted octanol–water partition coefficient (Wildman–Crippen LogP) is 2.78. The van der Waals surface area contributed by atoms with Gasteiger partial charge in [0.05, 0.1) is 18.1 Å². The van der Waals surface area contributed by atoms with Crippen LogP contribution in [-0.4, -0.2) is 27.5 Å². The summed E-state index contributed by atoms with van der Waals surface area (Å²) in [5, 5.41) is 10.6. The average molecular weight is 312 g/mol. The Morgan fingerprint density at radius 3 is 2.96 bits per heavy atom. The number of carbonyl (C=O) groups excluding carboxylic acids is 1. The maximum Gasteiger partial charge on any atom is 0.277 e. The van der Waals surface area contributed by atoms with Crippen LogP contribution >= 0.6 is 0 Å². The third kappa shape index (κ3) is 3.64. The van der Waals surface area contributed by atoms with Crippen LogP contribution < -0.4 is 5.32 Å². The molecule has 0 aliphatic carbocycles. The van der Waals surface area contributed by atoms with Crippen molar-refractivity contribution in [2.24, 2.45) is 0 Å². The number of rotatable bonds is 6. The Bertz CT molecular complexity index is 779. The minimum absolute atomic E-state index is 0.210. The molecule has 0 radical (unpaired) electrons. The number of benzene rings is 1. The van der Waals surface area contributed by atoms with Gasteiger partial charge in [-0.2, -0.15) is 5.10 Å². The standard InChI is InChI=1S/C16H16N4O3/c1-2-22-11-20-10-13(9-17-20)18-16(21)14-8-15(23-19-14)12-6-4-3-5-7-12/h3-10H,2,11H2,1H3,(H,18,21). The highest BCUT2D eigenvalue weighted by atomic mass is 16.5. The highest BCUT2D eigenvalue weighted by molar-refractivity contribution is 6.03. The maximum absolute atomic E-state index is 12.2. The molecule has 7 nitrogen and oxygen atoms in total. The lowest BCUT2D eigenvalue weighted by Gasteiger charge is -2.00. The lowest BCUT2D eigenvalue weighted by molar-refractivity contribution is 0.0792. The second-order valence-electron chi connectivity index (χ2n) is 4.79. The van der Waals surface area contributed by atoms with Gasteiger partial charge in [0.2, 0.25) is 0 Å². The van der Waals surface area contributed by atoms with Crippen LogP contribution in [-0.2, 0) is 11.5 Å². The van der Waals surface area contributed by atoms with E-state index >= 15 is 0 Å². The largest absolute Gasteiger partial charge is 0.360 e. The number of nitrogens with zero attached hydrogens (tertiary/aromatic N) is 3.